The van der Waals surface area contributed by atoms with E-state index in [4.69, 9.17) is 0 Å². The van der Waals surface area contributed by atoms with Crippen LogP contribution in [0.25, 0.3) is 0 Å². The number of hydrogen-bond donors (Lipinski definition) is 1. The monoisotopic (exact) mass is 131 g/mol. The number of nitrogens with one attached hydrogen (secondary N) is 1. The normalized spacial score (nSPS) is 7.70. The first kappa shape index (κ1) is 6.70. The van der Waals surface area contributed by atoms with Crippen molar-refractivity contribution in [1.29, 1.82) is 0 Å². The number of anilines is 1. The molecular weight excluding hydrogens is 122 g/mol. The molecule has 50 valence electrons. The van der Waals surface area contributed by atoms with Gasteiger partial charge in [-0.15, -0.1) is 0 Å². The van der Waals surface area contributed by atoms with Crippen molar-refractivity contribution in [2.24, 2.45) is 0 Å². The largest absolute Gasteiger partial charge is 0.315 e. The van der Waals surface area contributed by atoms with E-state index in [0.717, 1.165) is 5.69 Å². The summed E-state index contributed by atoms with van der Waals surface area (Å²) in [7, 11) is 0. The van der Waals surface area contributed by atoms with E-state index >= 15 is 0 Å². The summed E-state index contributed by atoms with van der Waals surface area (Å²) in [4.78, 5) is 0. The zero-order valence-corrected chi connectivity index (χ0v) is 5.89. The highest BCUT2D eigenvalue weighted by Gasteiger charge is 1.80. The van der Waals surface area contributed by atoms with E-state index in [1.165, 1.54) is 0 Å². The van der Waals surface area contributed by atoms with Crippen molar-refractivity contribution in [2.75, 3.05) is 5.32 Å². The van der Waals surface area contributed by atoms with E-state index in [9.17, 15) is 0 Å². The topological polar surface area (TPSA) is 12.0 Å². The highest BCUT2D eigenvalue weighted by Crippen LogP contribution is 2.02. The molecule has 0 unspecified atom stereocenters. The summed E-state index contributed by atoms with van der Waals surface area (Å²) in [6.45, 7) is 1.80. The van der Waals surface area contributed by atoms with Crippen LogP contribution >= 0.6 is 0 Å². The maximum absolute atomic E-state index is 2.93. The molecule has 0 heterocycles. The molecule has 0 fully saturated rings. The van der Waals surface area contributed by atoms with Gasteiger partial charge in [0.05, 0.1) is 0 Å². The van der Waals surface area contributed by atoms with Crippen LogP contribution in [0.3, 0.4) is 0 Å². The maximum Gasteiger partial charge on any atom is 0.0459 e. The molecule has 0 bridgehead atoms. The zero-order valence-electron chi connectivity index (χ0n) is 5.89. The quantitative estimate of drug-likeness (QED) is 0.454. The minimum atomic E-state index is 1.04. The van der Waals surface area contributed by atoms with Crippen LogP contribution < -0.4 is 5.32 Å². The standard InChI is InChI=1S/C9H9N/c1-2-8-10-9-6-4-3-5-7-9/h3-7,10H,1H3. The second kappa shape index (κ2) is 3.58. The Labute approximate surface area is 61.1 Å². The summed E-state index contributed by atoms with van der Waals surface area (Å²) in [6, 6.07) is 12.6. The predicted octanol–water partition coefficient (Wildman–Crippen LogP) is 2.08. The number of rotatable bonds is 1. The van der Waals surface area contributed by atoms with Crippen molar-refractivity contribution in [3.8, 4) is 12.0 Å². The summed E-state index contributed by atoms with van der Waals surface area (Å²) in [5.41, 5.74) is 1.04. The minimum absolute atomic E-state index is 1.04. The number of benzene rings is 1. The summed E-state index contributed by atoms with van der Waals surface area (Å²) < 4.78 is 0. The van der Waals surface area contributed by atoms with Crippen molar-refractivity contribution in [2.45, 2.75) is 6.92 Å². The first-order valence-electron chi connectivity index (χ1n) is 3.16. The van der Waals surface area contributed by atoms with Gasteiger partial charge in [-0.1, -0.05) is 24.1 Å². The SMILES string of the molecule is CC#CNc1ccccc1. The van der Waals surface area contributed by atoms with Crippen LogP contribution in [0.1, 0.15) is 6.92 Å². The molecule has 0 saturated heterocycles. The van der Waals surface area contributed by atoms with E-state index in [0.29, 0.717) is 0 Å². The van der Waals surface area contributed by atoms with Gasteiger partial charge >= 0.3 is 0 Å². The molecule has 0 amide bonds. The molecule has 1 N–H and O–H groups in total. The van der Waals surface area contributed by atoms with E-state index in [1.807, 2.05) is 30.3 Å². The molecule has 1 rings (SSSR count). The van der Waals surface area contributed by atoms with Gasteiger partial charge in [-0.05, 0) is 19.1 Å². The lowest BCUT2D eigenvalue weighted by molar-refractivity contribution is 1.62. The lowest BCUT2D eigenvalue weighted by Crippen LogP contribution is -1.85. The Morgan fingerprint density at radius 1 is 1.20 bits per heavy atom. The third kappa shape index (κ3) is 1.83. The molecule has 1 nitrogen and oxygen atoms in total. The van der Waals surface area contributed by atoms with Gasteiger partial charge in [0.25, 0.3) is 0 Å². The van der Waals surface area contributed by atoms with E-state index in [2.05, 4.69) is 17.3 Å². The molecule has 0 aliphatic heterocycles. The summed E-state index contributed by atoms with van der Waals surface area (Å²) in [5, 5.41) is 2.93. The van der Waals surface area contributed by atoms with Gasteiger partial charge in [0.15, 0.2) is 0 Å². The van der Waals surface area contributed by atoms with Gasteiger partial charge in [-0.25, -0.2) is 0 Å². The Morgan fingerprint density at radius 2 is 1.90 bits per heavy atom. The summed E-state index contributed by atoms with van der Waals surface area (Å²) in [6.07, 6.45) is 0. The van der Waals surface area contributed by atoms with Gasteiger partial charge in [-0.2, -0.15) is 0 Å². The van der Waals surface area contributed by atoms with Crippen LogP contribution in [0.15, 0.2) is 30.3 Å². The molecule has 1 heteroatoms. The van der Waals surface area contributed by atoms with E-state index < -0.39 is 0 Å². The minimum Gasteiger partial charge on any atom is -0.315 e. The first-order valence-corrected chi connectivity index (χ1v) is 3.16. The average molecular weight is 131 g/mol. The lowest BCUT2D eigenvalue weighted by atomic mass is 10.3. The smallest absolute Gasteiger partial charge is 0.0459 e. The van der Waals surface area contributed by atoms with Crippen LogP contribution in [0.5, 0.6) is 0 Å². The van der Waals surface area contributed by atoms with E-state index in [1.54, 1.807) is 6.92 Å². The third-order valence-corrected chi connectivity index (χ3v) is 1.11. The maximum atomic E-state index is 2.93. The van der Waals surface area contributed by atoms with Gasteiger partial charge in [-0.3, -0.25) is 0 Å². The highest BCUT2D eigenvalue weighted by atomic mass is 14.8. The van der Waals surface area contributed by atoms with Crippen LogP contribution in [0, 0.1) is 12.0 Å². The lowest BCUT2D eigenvalue weighted by Gasteiger charge is -1.93. The fourth-order valence-corrected chi connectivity index (χ4v) is 0.656. The Balaban J connectivity index is 2.64. The fourth-order valence-electron chi connectivity index (χ4n) is 0.656. The third-order valence-electron chi connectivity index (χ3n) is 1.11. The van der Waals surface area contributed by atoms with Crippen LogP contribution in [0.2, 0.25) is 0 Å². The molecular formula is C9H9N. The molecule has 0 atom stereocenters. The Morgan fingerprint density at radius 3 is 2.50 bits per heavy atom. The average Bonchev–Trinajstić information content (AvgIpc) is 2.03. The van der Waals surface area contributed by atoms with Gasteiger partial charge in [0.2, 0.25) is 0 Å². The van der Waals surface area contributed by atoms with Crippen molar-refractivity contribution in [1.82, 2.24) is 0 Å². The van der Waals surface area contributed by atoms with Crippen LogP contribution in [-0.2, 0) is 0 Å². The second-order valence-electron chi connectivity index (χ2n) is 1.87. The van der Waals surface area contributed by atoms with Crippen molar-refractivity contribution >= 4 is 5.69 Å². The Hall–Kier alpha value is -1.42. The second-order valence-corrected chi connectivity index (χ2v) is 1.87. The zero-order chi connectivity index (χ0) is 7.23. The van der Waals surface area contributed by atoms with Crippen molar-refractivity contribution < 1.29 is 0 Å². The number of para-hydroxylation sites is 1. The molecule has 0 radical (unpaired) electrons. The summed E-state index contributed by atoms with van der Waals surface area (Å²) in [5.74, 6) is 2.76. The summed E-state index contributed by atoms with van der Waals surface area (Å²) >= 11 is 0. The van der Waals surface area contributed by atoms with Crippen molar-refractivity contribution in [3.63, 3.8) is 0 Å². The molecule has 1 aromatic carbocycles. The van der Waals surface area contributed by atoms with Crippen LogP contribution in [0.4, 0.5) is 5.69 Å². The Bertz CT molecular complexity index is 240. The van der Waals surface area contributed by atoms with Crippen LogP contribution in [-0.4, -0.2) is 0 Å². The first-order chi connectivity index (χ1) is 4.93. The molecule has 1 aromatic rings. The molecule has 10 heavy (non-hydrogen) atoms. The van der Waals surface area contributed by atoms with Gasteiger partial charge < -0.3 is 5.32 Å². The molecule has 0 saturated carbocycles. The van der Waals surface area contributed by atoms with Gasteiger partial charge in [0.1, 0.15) is 0 Å². The molecule has 0 spiro atoms. The molecule has 0 aromatic heterocycles. The van der Waals surface area contributed by atoms with Gasteiger partial charge in [0, 0.05) is 11.7 Å². The molecule has 0 aliphatic carbocycles. The predicted molar refractivity (Wildman–Crippen MR) is 43.5 cm³/mol. The fraction of sp³-hybridized carbons (Fsp3) is 0.111. The highest BCUT2D eigenvalue weighted by molar-refractivity contribution is 5.46. The number of hydrogen-bond acceptors (Lipinski definition) is 1. The van der Waals surface area contributed by atoms with Crippen molar-refractivity contribution in [3.05, 3.63) is 30.3 Å². The molecule has 0 aliphatic rings. The Kier molecular flexibility index (Phi) is 2.39. The van der Waals surface area contributed by atoms with E-state index in [-0.39, 0.29) is 0 Å².